The van der Waals surface area contributed by atoms with Crippen LogP contribution in [0.1, 0.15) is 18.4 Å². The number of hydrogen-bond donors (Lipinski definition) is 1. The van der Waals surface area contributed by atoms with Gasteiger partial charge in [-0.05, 0) is 18.4 Å². The van der Waals surface area contributed by atoms with E-state index >= 15 is 0 Å². The van der Waals surface area contributed by atoms with Crippen LogP contribution in [-0.4, -0.2) is 61.2 Å². The number of ether oxygens (including phenoxy) is 2. The molecule has 0 aliphatic carbocycles. The zero-order valence-electron chi connectivity index (χ0n) is 12.5. The van der Waals surface area contributed by atoms with Crippen molar-refractivity contribution in [2.75, 3.05) is 39.5 Å². The van der Waals surface area contributed by atoms with Gasteiger partial charge in [0.15, 0.2) is 0 Å². The van der Waals surface area contributed by atoms with Crippen molar-refractivity contribution in [2.24, 2.45) is 0 Å². The third kappa shape index (κ3) is 3.64. The van der Waals surface area contributed by atoms with Crippen LogP contribution in [0.25, 0.3) is 0 Å². The largest absolute Gasteiger partial charge is 0.393 e. The standard InChI is InChI=1S/C17H25NO3/c19-14-17(12-15-4-2-1-3-5-15)13-18(8-11-21-17)16-6-9-20-10-7-16/h1-5,16,19H,6-14H2. The summed E-state index contributed by atoms with van der Waals surface area (Å²) in [5, 5.41) is 9.94. The monoisotopic (exact) mass is 291 g/mol. The van der Waals surface area contributed by atoms with Crippen molar-refractivity contribution in [3.05, 3.63) is 35.9 Å². The highest BCUT2D eigenvalue weighted by molar-refractivity contribution is 5.18. The minimum absolute atomic E-state index is 0.0710. The minimum Gasteiger partial charge on any atom is -0.393 e. The van der Waals surface area contributed by atoms with Crippen LogP contribution in [0.5, 0.6) is 0 Å². The van der Waals surface area contributed by atoms with Crippen LogP contribution in [0.3, 0.4) is 0 Å². The molecular weight excluding hydrogens is 266 g/mol. The number of rotatable bonds is 4. The second-order valence-electron chi connectivity index (χ2n) is 6.17. The van der Waals surface area contributed by atoms with Gasteiger partial charge in [0.1, 0.15) is 5.60 Å². The van der Waals surface area contributed by atoms with E-state index in [-0.39, 0.29) is 6.61 Å². The molecule has 0 bridgehead atoms. The fourth-order valence-electron chi connectivity index (χ4n) is 3.46. The Bertz CT molecular complexity index is 433. The third-order valence-electron chi connectivity index (χ3n) is 4.64. The Morgan fingerprint density at radius 3 is 2.62 bits per heavy atom. The Hall–Kier alpha value is -0.940. The minimum atomic E-state index is -0.460. The van der Waals surface area contributed by atoms with Crippen molar-refractivity contribution >= 4 is 0 Å². The first-order valence-electron chi connectivity index (χ1n) is 7.92. The van der Waals surface area contributed by atoms with Crippen LogP contribution < -0.4 is 0 Å². The molecule has 2 fully saturated rings. The summed E-state index contributed by atoms with van der Waals surface area (Å²) in [7, 11) is 0. The number of aliphatic hydroxyl groups excluding tert-OH is 1. The van der Waals surface area contributed by atoms with Crippen molar-refractivity contribution < 1.29 is 14.6 Å². The lowest BCUT2D eigenvalue weighted by atomic mass is 9.91. The predicted octanol–water partition coefficient (Wildman–Crippen LogP) is 1.47. The zero-order valence-corrected chi connectivity index (χ0v) is 12.5. The van der Waals surface area contributed by atoms with Crippen LogP contribution in [0.15, 0.2) is 30.3 Å². The van der Waals surface area contributed by atoms with Gasteiger partial charge in [-0.1, -0.05) is 30.3 Å². The first-order chi connectivity index (χ1) is 10.3. The normalized spacial score (nSPS) is 28.6. The molecule has 1 aromatic rings. The molecule has 2 heterocycles. The smallest absolute Gasteiger partial charge is 0.108 e. The first-order valence-corrected chi connectivity index (χ1v) is 7.92. The highest BCUT2D eigenvalue weighted by atomic mass is 16.5. The number of nitrogens with zero attached hydrogens (tertiary/aromatic N) is 1. The predicted molar refractivity (Wildman–Crippen MR) is 81.3 cm³/mol. The van der Waals surface area contributed by atoms with Crippen LogP contribution >= 0.6 is 0 Å². The molecule has 2 aliphatic heterocycles. The first kappa shape index (κ1) is 15.0. The van der Waals surface area contributed by atoms with E-state index in [4.69, 9.17) is 9.47 Å². The topological polar surface area (TPSA) is 41.9 Å². The second kappa shape index (κ2) is 6.88. The molecule has 0 saturated carbocycles. The van der Waals surface area contributed by atoms with Crippen molar-refractivity contribution in [1.29, 1.82) is 0 Å². The van der Waals surface area contributed by atoms with Crippen LogP contribution in [0.2, 0.25) is 0 Å². The van der Waals surface area contributed by atoms with E-state index in [0.29, 0.717) is 12.6 Å². The molecule has 1 atom stereocenters. The second-order valence-corrected chi connectivity index (χ2v) is 6.17. The number of aliphatic hydroxyl groups is 1. The lowest BCUT2D eigenvalue weighted by Crippen LogP contribution is -2.58. The molecule has 0 radical (unpaired) electrons. The van der Waals surface area contributed by atoms with Crippen molar-refractivity contribution in [1.82, 2.24) is 4.90 Å². The average molecular weight is 291 g/mol. The Morgan fingerprint density at radius 2 is 1.90 bits per heavy atom. The number of benzene rings is 1. The van der Waals surface area contributed by atoms with Gasteiger partial charge in [-0.3, -0.25) is 4.90 Å². The molecule has 21 heavy (non-hydrogen) atoms. The summed E-state index contributed by atoms with van der Waals surface area (Å²) in [6, 6.07) is 10.9. The summed E-state index contributed by atoms with van der Waals surface area (Å²) >= 11 is 0. The highest BCUT2D eigenvalue weighted by Gasteiger charge is 2.38. The Morgan fingerprint density at radius 1 is 1.14 bits per heavy atom. The Kier molecular flexibility index (Phi) is 4.91. The maximum atomic E-state index is 9.94. The van der Waals surface area contributed by atoms with Gasteiger partial charge in [0.2, 0.25) is 0 Å². The highest BCUT2D eigenvalue weighted by Crippen LogP contribution is 2.26. The van der Waals surface area contributed by atoms with E-state index in [1.165, 1.54) is 5.56 Å². The molecule has 2 saturated heterocycles. The molecule has 4 nitrogen and oxygen atoms in total. The molecule has 1 N–H and O–H groups in total. The molecule has 0 aromatic heterocycles. The van der Waals surface area contributed by atoms with E-state index in [1.807, 2.05) is 18.2 Å². The summed E-state index contributed by atoms with van der Waals surface area (Å²) < 4.78 is 11.5. The Balaban J connectivity index is 1.69. The fraction of sp³-hybridized carbons (Fsp3) is 0.647. The molecule has 1 aromatic carbocycles. The van der Waals surface area contributed by atoms with E-state index in [2.05, 4.69) is 17.0 Å². The van der Waals surface area contributed by atoms with Crippen LogP contribution in [-0.2, 0) is 15.9 Å². The van der Waals surface area contributed by atoms with Gasteiger partial charge in [0.25, 0.3) is 0 Å². The van der Waals surface area contributed by atoms with Crippen molar-refractivity contribution in [2.45, 2.75) is 30.9 Å². The van der Waals surface area contributed by atoms with Gasteiger partial charge in [-0.15, -0.1) is 0 Å². The summed E-state index contributed by atoms with van der Waals surface area (Å²) in [4.78, 5) is 2.49. The SMILES string of the molecule is OCC1(Cc2ccccc2)CN(C2CCOCC2)CCO1. The number of hydrogen-bond acceptors (Lipinski definition) is 4. The molecule has 0 spiro atoms. The molecule has 4 heteroatoms. The fourth-order valence-corrected chi connectivity index (χ4v) is 3.46. The molecular formula is C17H25NO3. The maximum absolute atomic E-state index is 9.94. The van der Waals surface area contributed by atoms with Gasteiger partial charge < -0.3 is 14.6 Å². The zero-order chi connectivity index (χ0) is 14.5. The van der Waals surface area contributed by atoms with Gasteiger partial charge >= 0.3 is 0 Å². The van der Waals surface area contributed by atoms with Crippen molar-refractivity contribution in [3.63, 3.8) is 0 Å². The average Bonchev–Trinajstić information content (AvgIpc) is 2.57. The van der Waals surface area contributed by atoms with Crippen molar-refractivity contribution in [3.8, 4) is 0 Å². The van der Waals surface area contributed by atoms with E-state index < -0.39 is 5.60 Å². The summed E-state index contributed by atoms with van der Waals surface area (Å²) in [5.74, 6) is 0. The molecule has 0 amide bonds. The van der Waals surface area contributed by atoms with Crippen LogP contribution in [0, 0.1) is 0 Å². The van der Waals surface area contributed by atoms with Gasteiger partial charge in [0, 0.05) is 38.8 Å². The molecule has 2 aliphatic rings. The van der Waals surface area contributed by atoms with E-state index in [1.54, 1.807) is 0 Å². The lowest BCUT2D eigenvalue weighted by molar-refractivity contribution is -0.146. The lowest BCUT2D eigenvalue weighted by Gasteiger charge is -2.45. The quantitative estimate of drug-likeness (QED) is 0.912. The van der Waals surface area contributed by atoms with Gasteiger partial charge in [-0.25, -0.2) is 0 Å². The molecule has 3 rings (SSSR count). The van der Waals surface area contributed by atoms with Gasteiger partial charge in [0.05, 0.1) is 13.2 Å². The van der Waals surface area contributed by atoms with E-state index in [9.17, 15) is 5.11 Å². The number of morpholine rings is 1. The van der Waals surface area contributed by atoms with Gasteiger partial charge in [-0.2, -0.15) is 0 Å². The molecule has 116 valence electrons. The van der Waals surface area contributed by atoms with E-state index in [0.717, 1.165) is 45.6 Å². The van der Waals surface area contributed by atoms with Crippen LogP contribution in [0.4, 0.5) is 0 Å². The molecule has 1 unspecified atom stereocenters. The summed E-state index contributed by atoms with van der Waals surface area (Å²) in [6.45, 7) is 4.25. The Labute approximate surface area is 126 Å². The summed E-state index contributed by atoms with van der Waals surface area (Å²) in [5.41, 5.74) is 0.762. The summed E-state index contributed by atoms with van der Waals surface area (Å²) in [6.07, 6.45) is 2.95. The third-order valence-corrected chi connectivity index (χ3v) is 4.64. The maximum Gasteiger partial charge on any atom is 0.108 e.